The summed E-state index contributed by atoms with van der Waals surface area (Å²) in [7, 11) is -7.42. The SMILES string of the molecule is O=C1NS(=O)(=O)c2ccc(F)cc21.O=S1(=O)N=C(Cl)c2cc(F)ccc21. The quantitative estimate of drug-likeness (QED) is 0.698. The molecule has 2 aliphatic rings. The van der Waals surface area contributed by atoms with Crippen LogP contribution in [0.3, 0.4) is 0 Å². The first-order valence-corrected chi connectivity index (χ1v) is 9.98. The van der Waals surface area contributed by atoms with Gasteiger partial charge in [0.1, 0.15) is 16.5 Å². The van der Waals surface area contributed by atoms with Crippen molar-refractivity contribution in [2.75, 3.05) is 0 Å². The predicted molar refractivity (Wildman–Crippen MR) is 87.0 cm³/mol. The number of halogens is 3. The molecule has 1 amide bonds. The number of nitrogens with one attached hydrogen (secondary N) is 1. The topological polar surface area (TPSA) is 110 Å². The molecule has 7 nitrogen and oxygen atoms in total. The van der Waals surface area contributed by atoms with Crippen molar-refractivity contribution >= 4 is 42.7 Å². The molecule has 2 aromatic rings. The van der Waals surface area contributed by atoms with Gasteiger partial charge in [-0.2, -0.15) is 8.42 Å². The highest BCUT2D eigenvalue weighted by Crippen LogP contribution is 2.28. The maximum atomic E-state index is 12.7. The van der Waals surface area contributed by atoms with E-state index in [1.165, 1.54) is 0 Å². The molecule has 0 spiro atoms. The molecular formula is C14H7ClF2N2O5S2. The summed E-state index contributed by atoms with van der Waals surface area (Å²) < 4.78 is 74.9. The fourth-order valence-corrected chi connectivity index (χ4v) is 4.96. The Morgan fingerprint density at radius 2 is 1.42 bits per heavy atom. The largest absolute Gasteiger partial charge is 0.284 e. The molecule has 26 heavy (non-hydrogen) atoms. The van der Waals surface area contributed by atoms with Crippen LogP contribution in [0, 0.1) is 11.6 Å². The van der Waals surface area contributed by atoms with Crippen LogP contribution in [0.5, 0.6) is 0 Å². The van der Waals surface area contributed by atoms with Gasteiger partial charge in [-0.3, -0.25) is 4.79 Å². The number of carbonyl (C=O) groups is 1. The van der Waals surface area contributed by atoms with Crippen molar-refractivity contribution in [1.82, 2.24) is 4.72 Å². The Morgan fingerprint density at radius 3 is 2.04 bits per heavy atom. The maximum Gasteiger partial charge on any atom is 0.284 e. The molecule has 136 valence electrons. The van der Waals surface area contributed by atoms with Crippen LogP contribution in [0.25, 0.3) is 0 Å². The number of nitrogens with zero attached hydrogens (tertiary/aromatic N) is 1. The lowest BCUT2D eigenvalue weighted by Gasteiger charge is -1.95. The molecule has 2 aromatic carbocycles. The lowest BCUT2D eigenvalue weighted by atomic mass is 10.2. The van der Waals surface area contributed by atoms with E-state index in [2.05, 4.69) is 4.40 Å². The Labute approximate surface area is 151 Å². The molecule has 0 radical (unpaired) electrons. The third kappa shape index (κ3) is 3.20. The highest BCUT2D eigenvalue weighted by atomic mass is 35.5. The van der Waals surface area contributed by atoms with E-state index in [9.17, 15) is 30.4 Å². The van der Waals surface area contributed by atoms with Gasteiger partial charge in [0.15, 0.2) is 5.17 Å². The minimum absolute atomic E-state index is 0.0427. The molecule has 0 unspecified atom stereocenters. The van der Waals surface area contributed by atoms with Crippen LogP contribution < -0.4 is 4.72 Å². The van der Waals surface area contributed by atoms with Gasteiger partial charge < -0.3 is 0 Å². The van der Waals surface area contributed by atoms with Crippen molar-refractivity contribution in [2.24, 2.45) is 4.40 Å². The van der Waals surface area contributed by atoms with Crippen LogP contribution >= 0.6 is 11.6 Å². The van der Waals surface area contributed by atoms with Crippen molar-refractivity contribution < 1.29 is 30.4 Å². The van der Waals surface area contributed by atoms with E-state index in [0.29, 0.717) is 0 Å². The molecule has 0 saturated heterocycles. The number of fused-ring (bicyclic) bond motifs is 2. The summed E-state index contributed by atoms with van der Waals surface area (Å²) in [4.78, 5) is 10.8. The standard InChI is InChI=1S/C7H3ClFNO2S.C7H4FNO3S/c8-7-5-3-4(9)1-2-6(5)13(11,12)10-7;8-4-1-2-6-5(3-4)7(10)9-13(6,11)12/h1-3H;1-3H,(H,9,10). The summed E-state index contributed by atoms with van der Waals surface area (Å²) in [5.74, 6) is -1.95. The van der Waals surface area contributed by atoms with Crippen molar-refractivity contribution in [3.63, 3.8) is 0 Å². The summed E-state index contributed by atoms with van der Waals surface area (Å²) in [5, 5.41) is -0.186. The van der Waals surface area contributed by atoms with Gasteiger partial charge in [-0.25, -0.2) is 21.9 Å². The summed E-state index contributed by atoms with van der Waals surface area (Å²) in [6, 6.07) is 6.22. The summed E-state index contributed by atoms with van der Waals surface area (Å²) in [5.41, 5.74) is -0.0123. The van der Waals surface area contributed by atoms with Gasteiger partial charge in [0.2, 0.25) is 0 Å². The van der Waals surface area contributed by atoms with Crippen LogP contribution in [0.15, 0.2) is 50.6 Å². The fraction of sp³-hybridized carbons (Fsp3) is 0. The first-order valence-electron chi connectivity index (χ1n) is 6.68. The second-order valence-corrected chi connectivity index (χ2v) is 8.65. The number of rotatable bonds is 0. The van der Waals surface area contributed by atoms with E-state index >= 15 is 0 Å². The zero-order chi connectivity index (χ0) is 19.3. The minimum atomic E-state index is -3.74. The summed E-state index contributed by atoms with van der Waals surface area (Å²) in [6.45, 7) is 0. The fourth-order valence-electron chi connectivity index (χ4n) is 2.24. The predicted octanol–water partition coefficient (Wildman–Crippen LogP) is 1.77. The van der Waals surface area contributed by atoms with Gasteiger partial charge in [0.05, 0.1) is 10.5 Å². The van der Waals surface area contributed by atoms with Crippen LogP contribution in [0.4, 0.5) is 8.78 Å². The number of hydrogen-bond donors (Lipinski definition) is 1. The Morgan fingerprint density at radius 1 is 0.885 bits per heavy atom. The van der Waals surface area contributed by atoms with Gasteiger partial charge in [0, 0.05) is 5.56 Å². The monoisotopic (exact) mass is 420 g/mol. The molecule has 0 aliphatic carbocycles. The molecule has 0 saturated carbocycles. The van der Waals surface area contributed by atoms with Gasteiger partial charge in [0.25, 0.3) is 26.0 Å². The van der Waals surface area contributed by atoms with Crippen molar-refractivity contribution in [3.8, 4) is 0 Å². The van der Waals surface area contributed by atoms with Gasteiger partial charge in [-0.05, 0) is 36.4 Å². The number of amides is 1. The molecule has 12 heteroatoms. The number of hydrogen-bond acceptors (Lipinski definition) is 5. The van der Waals surface area contributed by atoms with Crippen LogP contribution in [-0.2, 0) is 20.0 Å². The normalized spacial score (nSPS) is 18.1. The molecular weight excluding hydrogens is 414 g/mol. The van der Waals surface area contributed by atoms with E-state index in [1.807, 2.05) is 0 Å². The Hall–Kier alpha value is -2.37. The average Bonchev–Trinajstić information content (AvgIpc) is 2.89. The van der Waals surface area contributed by atoms with Crippen LogP contribution in [0.2, 0.25) is 0 Å². The van der Waals surface area contributed by atoms with Crippen LogP contribution in [0.1, 0.15) is 15.9 Å². The third-order valence-electron chi connectivity index (χ3n) is 3.34. The van der Waals surface area contributed by atoms with Crippen molar-refractivity contribution in [1.29, 1.82) is 0 Å². The Bertz CT molecular complexity index is 1180. The second-order valence-electron chi connectivity index (χ2n) is 5.07. The first kappa shape index (κ1) is 18.4. The average molecular weight is 421 g/mol. The molecule has 0 bridgehead atoms. The lowest BCUT2D eigenvalue weighted by molar-refractivity contribution is 0.0984. The van der Waals surface area contributed by atoms with Crippen molar-refractivity contribution in [3.05, 3.63) is 59.2 Å². The van der Waals surface area contributed by atoms with E-state index in [1.54, 1.807) is 4.72 Å². The number of benzene rings is 2. The lowest BCUT2D eigenvalue weighted by Crippen LogP contribution is -2.20. The molecule has 0 fully saturated rings. The maximum absolute atomic E-state index is 12.7. The van der Waals surface area contributed by atoms with Crippen LogP contribution in [-0.4, -0.2) is 27.9 Å². The summed E-state index contributed by atoms with van der Waals surface area (Å²) in [6.07, 6.45) is 0. The molecule has 1 N–H and O–H groups in total. The van der Waals surface area contributed by atoms with E-state index in [4.69, 9.17) is 11.6 Å². The van der Waals surface area contributed by atoms with Crippen molar-refractivity contribution in [2.45, 2.75) is 9.79 Å². The number of carbonyl (C=O) groups excluding carboxylic acids is 1. The minimum Gasteiger partial charge on any atom is -0.268 e. The van der Waals surface area contributed by atoms with Gasteiger partial charge in [-0.1, -0.05) is 11.6 Å². The highest BCUT2D eigenvalue weighted by molar-refractivity contribution is 7.91. The smallest absolute Gasteiger partial charge is 0.268 e. The third-order valence-corrected chi connectivity index (χ3v) is 6.46. The molecule has 2 aliphatic heterocycles. The zero-order valence-corrected chi connectivity index (χ0v) is 14.8. The Kier molecular flexibility index (Phi) is 4.33. The number of sulfonamides is 2. The van der Waals surface area contributed by atoms with Gasteiger partial charge in [-0.15, -0.1) is 4.40 Å². The van der Waals surface area contributed by atoms with E-state index in [0.717, 1.165) is 36.4 Å². The molecule has 2 heterocycles. The highest BCUT2D eigenvalue weighted by Gasteiger charge is 2.32. The van der Waals surface area contributed by atoms with Gasteiger partial charge >= 0.3 is 0 Å². The molecule has 4 rings (SSSR count). The van der Waals surface area contributed by atoms with E-state index < -0.39 is 37.6 Å². The first-order chi connectivity index (χ1) is 12.0. The molecule has 0 aromatic heterocycles. The van der Waals surface area contributed by atoms with E-state index in [-0.39, 0.29) is 26.1 Å². The molecule has 0 atom stereocenters. The Balaban J connectivity index is 0.000000151. The second kappa shape index (κ2) is 6.11. The zero-order valence-electron chi connectivity index (χ0n) is 12.4. The summed E-state index contributed by atoms with van der Waals surface area (Å²) >= 11 is 5.50.